The molecule has 1 aromatic carbocycles. The number of ether oxygens (including phenoxy) is 1. The maximum Gasteiger partial charge on any atom is 0.310 e. The van der Waals surface area contributed by atoms with Crippen molar-refractivity contribution in [1.82, 2.24) is 0 Å². The van der Waals surface area contributed by atoms with E-state index in [-0.39, 0.29) is 29.7 Å². The number of nitriles is 1. The molecular weight excluding hydrogens is 252 g/mol. The van der Waals surface area contributed by atoms with Crippen molar-refractivity contribution in [2.45, 2.75) is 13.3 Å². The minimum absolute atomic E-state index is 0.0101. The van der Waals surface area contributed by atoms with Crippen molar-refractivity contribution in [1.29, 1.82) is 5.26 Å². The zero-order chi connectivity index (χ0) is 14.4. The van der Waals surface area contributed by atoms with E-state index in [0.29, 0.717) is 6.29 Å². The number of nitrogens with zero attached hydrogens (tertiary/aromatic N) is 2. The van der Waals surface area contributed by atoms with E-state index in [2.05, 4.69) is 0 Å². The van der Waals surface area contributed by atoms with Crippen LogP contribution in [0.4, 0.5) is 5.69 Å². The first kappa shape index (κ1) is 14.3. The van der Waals surface area contributed by atoms with Crippen molar-refractivity contribution < 1.29 is 19.2 Å². The van der Waals surface area contributed by atoms with Crippen molar-refractivity contribution >= 4 is 17.9 Å². The van der Waals surface area contributed by atoms with E-state index in [9.17, 15) is 19.7 Å². The standard InChI is InChI=1S/C12H10N2O5/c1-2-19-12(16)5-10-9(6-13)3-8(7-15)4-11(10)14(17)18/h3-4,7H,2,5H2,1H3. The molecule has 0 aliphatic heterocycles. The summed E-state index contributed by atoms with van der Waals surface area (Å²) in [5.41, 5.74) is -0.550. The molecule has 0 unspecified atom stereocenters. The normalized spacial score (nSPS) is 9.47. The highest BCUT2D eigenvalue weighted by Gasteiger charge is 2.22. The number of esters is 1. The number of aldehydes is 1. The maximum atomic E-state index is 11.4. The lowest BCUT2D eigenvalue weighted by Crippen LogP contribution is -2.11. The first-order chi connectivity index (χ1) is 9.03. The molecule has 1 aromatic rings. The first-order valence-corrected chi connectivity index (χ1v) is 5.35. The van der Waals surface area contributed by atoms with Crippen LogP contribution >= 0.6 is 0 Å². The second-order valence-electron chi connectivity index (χ2n) is 3.53. The molecular formula is C12H10N2O5. The van der Waals surface area contributed by atoms with E-state index in [1.807, 2.05) is 0 Å². The fourth-order valence-electron chi connectivity index (χ4n) is 1.55. The molecule has 0 fully saturated rings. The summed E-state index contributed by atoms with van der Waals surface area (Å²) in [6.07, 6.45) is 0.0220. The van der Waals surface area contributed by atoms with Crippen LogP contribution in [0.5, 0.6) is 0 Å². The van der Waals surface area contributed by atoms with Crippen LogP contribution in [-0.4, -0.2) is 23.8 Å². The molecule has 1 rings (SSSR count). The number of nitro benzene ring substituents is 1. The van der Waals surface area contributed by atoms with Crippen LogP contribution in [0, 0.1) is 21.4 Å². The zero-order valence-corrected chi connectivity index (χ0v) is 10.1. The quantitative estimate of drug-likeness (QED) is 0.343. The molecule has 0 saturated carbocycles. The molecule has 0 aliphatic carbocycles. The van der Waals surface area contributed by atoms with Crippen molar-refractivity contribution in [2.75, 3.05) is 6.61 Å². The number of carbonyl (C=O) groups is 2. The fourth-order valence-corrected chi connectivity index (χ4v) is 1.55. The highest BCUT2D eigenvalue weighted by molar-refractivity contribution is 5.81. The van der Waals surface area contributed by atoms with E-state index >= 15 is 0 Å². The Hall–Kier alpha value is -2.75. The lowest BCUT2D eigenvalue weighted by Gasteiger charge is -2.06. The van der Waals surface area contributed by atoms with Crippen LogP contribution < -0.4 is 0 Å². The van der Waals surface area contributed by atoms with Gasteiger partial charge in [-0.05, 0) is 13.0 Å². The number of carbonyl (C=O) groups excluding carboxylic acids is 2. The highest BCUT2D eigenvalue weighted by atomic mass is 16.6. The Bertz CT molecular complexity index is 574. The molecule has 0 atom stereocenters. The zero-order valence-electron chi connectivity index (χ0n) is 10.1. The van der Waals surface area contributed by atoms with Gasteiger partial charge in [-0.2, -0.15) is 5.26 Å². The van der Waals surface area contributed by atoms with Gasteiger partial charge in [-0.15, -0.1) is 0 Å². The third-order valence-corrected chi connectivity index (χ3v) is 2.33. The summed E-state index contributed by atoms with van der Waals surface area (Å²) in [7, 11) is 0. The summed E-state index contributed by atoms with van der Waals surface area (Å²) in [5.74, 6) is -0.666. The van der Waals surface area contributed by atoms with E-state index in [4.69, 9.17) is 10.00 Å². The number of benzene rings is 1. The van der Waals surface area contributed by atoms with Crippen LogP contribution in [0.2, 0.25) is 0 Å². The maximum absolute atomic E-state index is 11.4. The smallest absolute Gasteiger partial charge is 0.310 e. The Balaban J connectivity index is 3.34. The SMILES string of the molecule is CCOC(=O)Cc1c(C#N)cc(C=O)cc1[N+](=O)[O-]. The summed E-state index contributed by atoms with van der Waals surface area (Å²) in [4.78, 5) is 32.2. The largest absolute Gasteiger partial charge is 0.466 e. The Morgan fingerprint density at radius 1 is 1.58 bits per heavy atom. The van der Waals surface area contributed by atoms with E-state index in [1.165, 1.54) is 6.07 Å². The van der Waals surface area contributed by atoms with Crippen LogP contribution in [0.1, 0.15) is 28.4 Å². The summed E-state index contributed by atoms with van der Waals surface area (Å²) < 4.78 is 4.70. The minimum Gasteiger partial charge on any atom is -0.466 e. The molecule has 0 N–H and O–H groups in total. The van der Waals surface area contributed by atoms with E-state index in [0.717, 1.165) is 6.07 Å². The second-order valence-corrected chi connectivity index (χ2v) is 3.53. The molecule has 0 spiro atoms. The van der Waals surface area contributed by atoms with Crippen molar-refractivity contribution in [3.05, 3.63) is 38.9 Å². The minimum atomic E-state index is -0.734. The third-order valence-electron chi connectivity index (χ3n) is 2.33. The molecule has 0 radical (unpaired) electrons. The summed E-state index contributed by atoms with van der Waals surface area (Å²) in [5, 5.41) is 19.9. The molecule has 19 heavy (non-hydrogen) atoms. The predicted octanol–water partition coefficient (Wildman–Crippen LogP) is 1.38. The molecule has 7 nitrogen and oxygen atoms in total. The van der Waals surface area contributed by atoms with Crippen LogP contribution in [0.3, 0.4) is 0 Å². The Morgan fingerprint density at radius 2 is 2.26 bits per heavy atom. The topological polar surface area (TPSA) is 110 Å². The predicted molar refractivity (Wildman–Crippen MR) is 63.5 cm³/mol. The lowest BCUT2D eigenvalue weighted by molar-refractivity contribution is -0.385. The van der Waals surface area contributed by atoms with Crippen molar-refractivity contribution in [3.63, 3.8) is 0 Å². The van der Waals surface area contributed by atoms with Gasteiger partial charge in [0.05, 0.1) is 35.1 Å². The van der Waals surface area contributed by atoms with Crippen LogP contribution in [0.15, 0.2) is 12.1 Å². The monoisotopic (exact) mass is 262 g/mol. The average Bonchev–Trinajstić information content (AvgIpc) is 2.38. The fraction of sp³-hybridized carbons (Fsp3) is 0.250. The van der Waals surface area contributed by atoms with Gasteiger partial charge in [-0.3, -0.25) is 19.7 Å². The molecule has 0 heterocycles. The molecule has 98 valence electrons. The third kappa shape index (κ3) is 3.35. The summed E-state index contributed by atoms with van der Waals surface area (Å²) >= 11 is 0. The van der Waals surface area contributed by atoms with Gasteiger partial charge in [0.2, 0.25) is 0 Å². The van der Waals surface area contributed by atoms with Gasteiger partial charge in [-0.25, -0.2) is 0 Å². The number of hydrogen-bond donors (Lipinski definition) is 0. The van der Waals surface area contributed by atoms with E-state index in [1.54, 1.807) is 13.0 Å². The lowest BCUT2D eigenvalue weighted by atomic mass is 10.0. The average molecular weight is 262 g/mol. The van der Waals surface area contributed by atoms with Gasteiger partial charge >= 0.3 is 5.97 Å². The Kier molecular flexibility index (Phi) is 4.71. The number of rotatable bonds is 5. The van der Waals surface area contributed by atoms with Gasteiger partial charge in [-0.1, -0.05) is 0 Å². The highest BCUT2D eigenvalue weighted by Crippen LogP contribution is 2.24. The first-order valence-electron chi connectivity index (χ1n) is 5.35. The van der Waals surface area contributed by atoms with Gasteiger partial charge in [0.25, 0.3) is 5.69 Å². The summed E-state index contributed by atoms with van der Waals surface area (Å²) in [6, 6.07) is 3.98. The van der Waals surface area contributed by atoms with Gasteiger partial charge in [0, 0.05) is 11.6 Å². The Labute approximate surface area is 108 Å². The number of nitro groups is 1. The second kappa shape index (κ2) is 6.26. The molecule has 0 amide bonds. The summed E-state index contributed by atoms with van der Waals surface area (Å²) in [6.45, 7) is 1.74. The molecule has 0 aromatic heterocycles. The van der Waals surface area contributed by atoms with Crippen LogP contribution in [-0.2, 0) is 16.0 Å². The molecule has 0 aliphatic rings. The molecule has 7 heteroatoms. The van der Waals surface area contributed by atoms with Gasteiger partial charge in [0.15, 0.2) is 0 Å². The number of hydrogen-bond acceptors (Lipinski definition) is 6. The molecule has 0 bridgehead atoms. The Morgan fingerprint density at radius 3 is 2.74 bits per heavy atom. The van der Waals surface area contributed by atoms with Crippen molar-refractivity contribution in [3.8, 4) is 6.07 Å². The van der Waals surface area contributed by atoms with Gasteiger partial charge < -0.3 is 4.74 Å². The molecule has 0 saturated heterocycles. The van der Waals surface area contributed by atoms with Gasteiger partial charge in [0.1, 0.15) is 6.29 Å². The van der Waals surface area contributed by atoms with Crippen molar-refractivity contribution in [2.24, 2.45) is 0 Å². The van der Waals surface area contributed by atoms with E-state index < -0.39 is 16.6 Å². The van der Waals surface area contributed by atoms with Crippen LogP contribution in [0.25, 0.3) is 0 Å².